The molecule has 0 N–H and O–H groups in total. The van der Waals surface area contributed by atoms with Crippen LogP contribution in [0.2, 0.25) is 0 Å². The highest BCUT2D eigenvalue weighted by Crippen LogP contribution is 2.34. The van der Waals surface area contributed by atoms with Crippen LogP contribution in [0.3, 0.4) is 0 Å². The zero-order valence-electron chi connectivity index (χ0n) is 6.47. The molecule has 0 aromatic carbocycles. The van der Waals surface area contributed by atoms with Crippen molar-refractivity contribution < 1.29 is 0 Å². The van der Waals surface area contributed by atoms with Crippen LogP contribution < -0.4 is 0 Å². The van der Waals surface area contributed by atoms with Crippen LogP contribution >= 0.6 is 23.5 Å². The van der Waals surface area contributed by atoms with Crippen LogP contribution in [0.1, 0.15) is 13.8 Å². The van der Waals surface area contributed by atoms with E-state index in [0.29, 0.717) is 0 Å². The molecule has 0 saturated heterocycles. The molecule has 0 aliphatic rings. The lowest BCUT2D eigenvalue weighted by atomic mass is 10.4. The maximum Gasteiger partial charge on any atom is 0.0757 e. The van der Waals surface area contributed by atoms with E-state index in [-0.39, 0.29) is 4.08 Å². The molecule has 0 spiro atoms. The van der Waals surface area contributed by atoms with Crippen LogP contribution in [0.5, 0.6) is 0 Å². The molecule has 0 amide bonds. The molecule has 0 radical (unpaired) electrons. The Morgan fingerprint density at radius 3 is 1.78 bits per heavy atom. The summed E-state index contributed by atoms with van der Waals surface area (Å²) in [4.78, 5) is 0. The normalized spacial score (nSPS) is 12.9. The number of thioether (sulfide) groups is 2. The summed E-state index contributed by atoms with van der Waals surface area (Å²) in [6.07, 6.45) is 8.60. The molecule has 0 atom stereocenters. The van der Waals surface area contributed by atoms with E-state index in [1.807, 2.05) is 23.5 Å². The van der Waals surface area contributed by atoms with Crippen molar-refractivity contribution in [2.24, 2.45) is 0 Å². The fraction of sp³-hybridized carbons (Fsp3) is 0.714. The minimum Gasteiger partial charge on any atom is -0.144 e. The van der Waals surface area contributed by atoms with Gasteiger partial charge in [-0.25, -0.2) is 0 Å². The predicted octanol–water partition coefficient (Wildman–Crippen LogP) is 3.00. The molecule has 54 valence electrons. The van der Waals surface area contributed by atoms with E-state index < -0.39 is 0 Å². The van der Waals surface area contributed by atoms with Crippen molar-refractivity contribution >= 4 is 23.5 Å². The molecule has 0 nitrogen and oxygen atoms in total. The molecule has 0 rings (SSSR count). The summed E-state index contributed by atoms with van der Waals surface area (Å²) in [6.45, 7) is 4.28. The Hall–Kier alpha value is 0.440. The molecule has 0 aromatic heterocycles. The van der Waals surface area contributed by atoms with E-state index in [4.69, 9.17) is 0 Å². The van der Waals surface area contributed by atoms with E-state index in [2.05, 4.69) is 38.5 Å². The van der Waals surface area contributed by atoms with Crippen molar-refractivity contribution in [1.29, 1.82) is 0 Å². The second-order valence-corrected chi connectivity index (χ2v) is 4.70. The van der Waals surface area contributed by atoms with Gasteiger partial charge < -0.3 is 0 Å². The van der Waals surface area contributed by atoms with E-state index in [9.17, 15) is 0 Å². The van der Waals surface area contributed by atoms with Crippen molar-refractivity contribution in [3.63, 3.8) is 0 Å². The average Bonchev–Trinajstić information content (AvgIpc) is 1.89. The molecule has 0 heterocycles. The first-order valence-corrected chi connectivity index (χ1v) is 5.37. The minimum absolute atomic E-state index is 0.286. The second kappa shape index (κ2) is 4.29. The molecular formula is C7H14S2. The van der Waals surface area contributed by atoms with Crippen molar-refractivity contribution in [2.75, 3.05) is 12.5 Å². The summed E-state index contributed by atoms with van der Waals surface area (Å²) in [5.74, 6) is 0. The number of allylic oxidation sites excluding steroid dienone is 1. The van der Waals surface area contributed by atoms with Crippen LogP contribution in [-0.4, -0.2) is 16.6 Å². The van der Waals surface area contributed by atoms with Crippen LogP contribution in [0.4, 0.5) is 0 Å². The quantitative estimate of drug-likeness (QED) is 0.462. The van der Waals surface area contributed by atoms with Crippen LogP contribution in [0.15, 0.2) is 12.2 Å². The Bertz CT molecular complexity index is 93.1. The monoisotopic (exact) mass is 162 g/mol. The summed E-state index contributed by atoms with van der Waals surface area (Å²) in [6, 6.07) is 0. The largest absolute Gasteiger partial charge is 0.144 e. The fourth-order valence-corrected chi connectivity index (χ4v) is 1.73. The van der Waals surface area contributed by atoms with Gasteiger partial charge in [0.05, 0.1) is 4.08 Å². The summed E-state index contributed by atoms with van der Waals surface area (Å²) in [5.41, 5.74) is 0. The third-order valence-corrected chi connectivity index (χ3v) is 4.17. The minimum atomic E-state index is 0.286. The first kappa shape index (κ1) is 9.44. The van der Waals surface area contributed by atoms with Crippen molar-refractivity contribution in [3.8, 4) is 0 Å². The van der Waals surface area contributed by atoms with Gasteiger partial charge in [0.1, 0.15) is 0 Å². The molecule has 0 unspecified atom stereocenters. The first-order valence-electron chi connectivity index (χ1n) is 2.92. The average molecular weight is 162 g/mol. The molecule has 0 fully saturated rings. The Labute approximate surface area is 66.5 Å². The van der Waals surface area contributed by atoms with E-state index in [0.717, 1.165) is 0 Å². The Morgan fingerprint density at radius 2 is 1.67 bits per heavy atom. The highest BCUT2D eigenvalue weighted by atomic mass is 32.2. The highest BCUT2D eigenvalue weighted by Gasteiger charge is 2.15. The molecule has 0 saturated carbocycles. The summed E-state index contributed by atoms with van der Waals surface area (Å²) >= 11 is 3.75. The molecular weight excluding hydrogens is 148 g/mol. The van der Waals surface area contributed by atoms with Gasteiger partial charge in [0.15, 0.2) is 0 Å². The van der Waals surface area contributed by atoms with Gasteiger partial charge >= 0.3 is 0 Å². The molecule has 2 heteroatoms. The van der Waals surface area contributed by atoms with Gasteiger partial charge in [0, 0.05) is 0 Å². The molecule has 0 bridgehead atoms. The second-order valence-electron chi connectivity index (χ2n) is 1.92. The third-order valence-electron chi connectivity index (χ3n) is 1.28. The number of hydrogen-bond acceptors (Lipinski definition) is 2. The van der Waals surface area contributed by atoms with Crippen LogP contribution in [0, 0.1) is 0 Å². The fourth-order valence-electron chi connectivity index (χ4n) is 0.522. The standard InChI is InChI=1S/C7H14S2/c1-5-6-7(2,8-3)9-4/h5-6H,1-4H3/b6-5+. The first-order chi connectivity index (χ1) is 4.18. The van der Waals surface area contributed by atoms with Gasteiger partial charge in [0.2, 0.25) is 0 Å². The lowest BCUT2D eigenvalue weighted by molar-refractivity contribution is 1.16. The predicted molar refractivity (Wildman–Crippen MR) is 50.2 cm³/mol. The summed E-state index contributed by atoms with van der Waals surface area (Å²) in [7, 11) is 0. The smallest absolute Gasteiger partial charge is 0.0757 e. The van der Waals surface area contributed by atoms with Crippen molar-refractivity contribution in [3.05, 3.63) is 12.2 Å². The van der Waals surface area contributed by atoms with E-state index >= 15 is 0 Å². The van der Waals surface area contributed by atoms with E-state index in [1.54, 1.807) is 0 Å². The number of rotatable bonds is 3. The van der Waals surface area contributed by atoms with Crippen LogP contribution in [0.25, 0.3) is 0 Å². The molecule has 0 aliphatic carbocycles. The van der Waals surface area contributed by atoms with Gasteiger partial charge in [-0.2, -0.15) is 0 Å². The molecule has 0 aromatic rings. The van der Waals surface area contributed by atoms with Crippen molar-refractivity contribution in [2.45, 2.75) is 17.9 Å². The Kier molecular flexibility index (Phi) is 4.50. The van der Waals surface area contributed by atoms with Gasteiger partial charge in [-0.05, 0) is 26.4 Å². The zero-order valence-corrected chi connectivity index (χ0v) is 8.10. The van der Waals surface area contributed by atoms with Crippen molar-refractivity contribution in [1.82, 2.24) is 0 Å². The van der Waals surface area contributed by atoms with Gasteiger partial charge in [-0.1, -0.05) is 12.2 Å². The Balaban J connectivity index is 3.92. The zero-order chi connectivity index (χ0) is 7.33. The summed E-state index contributed by atoms with van der Waals surface area (Å²) in [5, 5.41) is 0. The molecule has 9 heavy (non-hydrogen) atoms. The molecule has 0 aliphatic heterocycles. The SMILES string of the molecule is C/C=C/C(C)(SC)SC. The number of hydrogen-bond donors (Lipinski definition) is 0. The lowest BCUT2D eigenvalue weighted by Gasteiger charge is -2.19. The van der Waals surface area contributed by atoms with Gasteiger partial charge in [-0.3, -0.25) is 0 Å². The maximum atomic E-state index is 2.22. The van der Waals surface area contributed by atoms with Gasteiger partial charge in [0.25, 0.3) is 0 Å². The maximum absolute atomic E-state index is 2.22. The Morgan fingerprint density at radius 1 is 1.22 bits per heavy atom. The van der Waals surface area contributed by atoms with Gasteiger partial charge in [-0.15, -0.1) is 23.5 Å². The van der Waals surface area contributed by atoms with E-state index in [1.165, 1.54) is 0 Å². The summed E-state index contributed by atoms with van der Waals surface area (Å²) < 4.78 is 0.286. The van der Waals surface area contributed by atoms with Crippen LogP contribution in [-0.2, 0) is 0 Å². The topological polar surface area (TPSA) is 0 Å². The third kappa shape index (κ3) is 3.21. The lowest BCUT2D eigenvalue weighted by Crippen LogP contribution is -2.08. The highest BCUT2D eigenvalue weighted by molar-refractivity contribution is 8.17.